The predicted molar refractivity (Wildman–Crippen MR) is 106 cm³/mol. The van der Waals surface area contributed by atoms with Crippen LogP contribution in [0.1, 0.15) is 5.56 Å². The van der Waals surface area contributed by atoms with E-state index in [0.29, 0.717) is 11.5 Å². The third-order valence-corrected chi connectivity index (χ3v) is 3.91. The molecular weight excluding hydrogens is 342 g/mol. The van der Waals surface area contributed by atoms with Crippen molar-refractivity contribution in [2.45, 2.75) is 6.42 Å². The van der Waals surface area contributed by atoms with Crippen LogP contribution >= 0.6 is 0 Å². The van der Waals surface area contributed by atoms with Gasteiger partial charge in [-0.3, -0.25) is 4.79 Å². The van der Waals surface area contributed by atoms with Crippen LogP contribution in [-0.2, 0) is 11.2 Å². The Morgan fingerprint density at radius 1 is 0.926 bits per heavy atom. The molecule has 27 heavy (non-hydrogen) atoms. The molecular formula is C21H21N3O3. The Morgan fingerprint density at radius 3 is 2.37 bits per heavy atom. The summed E-state index contributed by atoms with van der Waals surface area (Å²) in [5, 5.41) is 6.04. The van der Waals surface area contributed by atoms with Crippen LogP contribution in [0, 0.1) is 0 Å². The van der Waals surface area contributed by atoms with Gasteiger partial charge in [0, 0.05) is 11.8 Å². The maximum atomic E-state index is 12.2. The lowest BCUT2D eigenvalue weighted by molar-refractivity contribution is -0.115. The van der Waals surface area contributed by atoms with Crippen molar-refractivity contribution in [3.63, 3.8) is 0 Å². The Labute approximate surface area is 158 Å². The molecule has 0 spiro atoms. The number of pyridine rings is 1. The zero-order valence-corrected chi connectivity index (χ0v) is 15.2. The van der Waals surface area contributed by atoms with E-state index in [1.54, 1.807) is 26.5 Å². The van der Waals surface area contributed by atoms with Gasteiger partial charge in [-0.25, -0.2) is 4.98 Å². The number of carbonyl (C=O) groups excluding carboxylic acids is 1. The largest absolute Gasteiger partial charge is 0.497 e. The van der Waals surface area contributed by atoms with Crippen molar-refractivity contribution in [1.82, 2.24) is 4.98 Å². The molecule has 0 aliphatic rings. The topological polar surface area (TPSA) is 72.5 Å². The Balaban J connectivity index is 1.57. The molecule has 6 nitrogen and oxygen atoms in total. The van der Waals surface area contributed by atoms with Crippen molar-refractivity contribution in [3.05, 3.63) is 72.4 Å². The number of anilines is 3. The summed E-state index contributed by atoms with van der Waals surface area (Å²) in [6.07, 6.45) is 1.90. The maximum absolute atomic E-state index is 12.2. The average molecular weight is 363 g/mol. The van der Waals surface area contributed by atoms with Crippen molar-refractivity contribution in [1.29, 1.82) is 0 Å². The van der Waals surface area contributed by atoms with Crippen molar-refractivity contribution >= 4 is 23.1 Å². The fraction of sp³-hybridized carbons (Fsp3) is 0.143. The molecule has 0 aliphatic carbocycles. The summed E-state index contributed by atoms with van der Waals surface area (Å²) in [5.41, 5.74) is 2.43. The van der Waals surface area contributed by atoms with Gasteiger partial charge < -0.3 is 20.1 Å². The van der Waals surface area contributed by atoms with Gasteiger partial charge in [0.2, 0.25) is 5.91 Å². The molecule has 0 saturated heterocycles. The van der Waals surface area contributed by atoms with Gasteiger partial charge in [-0.1, -0.05) is 18.2 Å². The third-order valence-electron chi connectivity index (χ3n) is 3.91. The maximum Gasteiger partial charge on any atom is 0.228 e. The first-order chi connectivity index (χ1) is 13.2. The number of rotatable bonds is 7. The molecule has 0 radical (unpaired) electrons. The van der Waals surface area contributed by atoms with E-state index in [1.807, 2.05) is 54.6 Å². The van der Waals surface area contributed by atoms with E-state index in [4.69, 9.17) is 9.47 Å². The first-order valence-corrected chi connectivity index (χ1v) is 8.46. The average Bonchev–Trinajstić information content (AvgIpc) is 2.70. The molecule has 1 heterocycles. The molecule has 138 valence electrons. The quantitative estimate of drug-likeness (QED) is 0.663. The van der Waals surface area contributed by atoms with E-state index in [2.05, 4.69) is 15.6 Å². The summed E-state index contributed by atoms with van der Waals surface area (Å²) in [6.45, 7) is 0. The second-order valence-electron chi connectivity index (χ2n) is 5.86. The zero-order valence-electron chi connectivity index (χ0n) is 15.2. The number of ether oxygens (including phenoxy) is 2. The molecule has 2 N–H and O–H groups in total. The molecule has 3 aromatic rings. The van der Waals surface area contributed by atoms with Crippen molar-refractivity contribution in [3.8, 4) is 11.5 Å². The predicted octanol–water partition coefficient (Wildman–Crippen LogP) is 4.02. The van der Waals surface area contributed by atoms with Gasteiger partial charge in [0.05, 0.1) is 32.5 Å². The molecule has 0 fully saturated rings. The normalized spacial score (nSPS) is 10.1. The highest BCUT2D eigenvalue weighted by molar-refractivity contribution is 5.92. The van der Waals surface area contributed by atoms with Crippen LogP contribution in [0.2, 0.25) is 0 Å². The summed E-state index contributed by atoms with van der Waals surface area (Å²) in [6, 6.07) is 18.6. The van der Waals surface area contributed by atoms with Gasteiger partial charge in [0.25, 0.3) is 0 Å². The van der Waals surface area contributed by atoms with E-state index in [-0.39, 0.29) is 12.3 Å². The number of hydrogen-bond acceptors (Lipinski definition) is 5. The van der Waals surface area contributed by atoms with Crippen molar-refractivity contribution in [2.75, 3.05) is 24.9 Å². The fourth-order valence-electron chi connectivity index (χ4n) is 2.52. The molecule has 0 unspecified atom stereocenters. The minimum atomic E-state index is -0.101. The lowest BCUT2D eigenvalue weighted by Crippen LogP contribution is -2.14. The highest BCUT2D eigenvalue weighted by Gasteiger charge is 2.05. The Hall–Kier alpha value is -3.54. The van der Waals surface area contributed by atoms with Crippen molar-refractivity contribution < 1.29 is 14.3 Å². The van der Waals surface area contributed by atoms with Crippen LogP contribution in [0.25, 0.3) is 0 Å². The number of nitrogens with zero attached hydrogens (tertiary/aromatic N) is 1. The number of methoxy groups -OCH3 is 2. The van der Waals surface area contributed by atoms with Crippen LogP contribution in [0.4, 0.5) is 17.2 Å². The monoisotopic (exact) mass is 363 g/mol. The van der Waals surface area contributed by atoms with Gasteiger partial charge in [-0.15, -0.1) is 0 Å². The molecule has 3 rings (SSSR count). The number of benzene rings is 2. The summed E-state index contributed by atoms with van der Waals surface area (Å²) in [7, 11) is 3.24. The molecule has 2 aromatic carbocycles. The van der Waals surface area contributed by atoms with Gasteiger partial charge in [0.15, 0.2) is 0 Å². The molecule has 1 amide bonds. The molecule has 6 heteroatoms. The first kappa shape index (κ1) is 18.3. The number of nitrogens with one attached hydrogen (secondary N) is 2. The number of amides is 1. The lowest BCUT2D eigenvalue weighted by atomic mass is 10.1. The highest BCUT2D eigenvalue weighted by atomic mass is 16.5. The highest BCUT2D eigenvalue weighted by Crippen LogP contribution is 2.21. The summed E-state index contributed by atoms with van der Waals surface area (Å²) in [5.74, 6) is 2.11. The second-order valence-corrected chi connectivity index (χ2v) is 5.86. The van der Waals surface area contributed by atoms with Gasteiger partial charge in [-0.05, 0) is 42.0 Å². The van der Waals surface area contributed by atoms with Crippen molar-refractivity contribution in [2.24, 2.45) is 0 Å². The van der Waals surface area contributed by atoms with Crippen LogP contribution in [-0.4, -0.2) is 25.1 Å². The van der Waals surface area contributed by atoms with Crippen LogP contribution in [0.3, 0.4) is 0 Å². The molecule has 0 saturated carbocycles. The SMILES string of the molecule is COc1ccc(CC(=O)Nc2ccc(Nc3cccc(OC)c3)nc2)cc1. The summed E-state index contributed by atoms with van der Waals surface area (Å²) >= 11 is 0. The van der Waals surface area contributed by atoms with E-state index < -0.39 is 0 Å². The minimum absolute atomic E-state index is 0.101. The van der Waals surface area contributed by atoms with Crippen LogP contribution in [0.5, 0.6) is 11.5 Å². The number of hydrogen-bond donors (Lipinski definition) is 2. The van der Waals surface area contributed by atoms with Gasteiger partial charge >= 0.3 is 0 Å². The van der Waals surface area contributed by atoms with E-state index in [0.717, 1.165) is 22.7 Å². The molecule has 1 aromatic heterocycles. The number of aromatic nitrogens is 1. The van der Waals surface area contributed by atoms with E-state index in [1.165, 1.54) is 0 Å². The van der Waals surface area contributed by atoms with Crippen LogP contribution in [0.15, 0.2) is 66.9 Å². The Bertz CT molecular complexity index is 893. The molecule has 0 bridgehead atoms. The standard InChI is InChI=1S/C21H21N3O3/c1-26-18-9-6-15(7-10-18)12-21(25)24-17-8-11-20(22-14-17)23-16-4-3-5-19(13-16)27-2/h3-11,13-14H,12H2,1-2H3,(H,22,23)(H,24,25). The zero-order chi connectivity index (χ0) is 19.1. The lowest BCUT2D eigenvalue weighted by Gasteiger charge is -2.09. The van der Waals surface area contributed by atoms with Gasteiger partial charge in [0.1, 0.15) is 17.3 Å². The molecule has 0 atom stereocenters. The minimum Gasteiger partial charge on any atom is -0.497 e. The second kappa shape index (κ2) is 8.71. The Kier molecular flexibility index (Phi) is 5.89. The fourth-order valence-corrected chi connectivity index (χ4v) is 2.52. The summed E-state index contributed by atoms with van der Waals surface area (Å²) < 4.78 is 10.3. The van der Waals surface area contributed by atoms with E-state index >= 15 is 0 Å². The van der Waals surface area contributed by atoms with E-state index in [9.17, 15) is 4.79 Å². The summed E-state index contributed by atoms with van der Waals surface area (Å²) in [4.78, 5) is 16.5. The smallest absolute Gasteiger partial charge is 0.228 e. The van der Waals surface area contributed by atoms with Crippen LogP contribution < -0.4 is 20.1 Å². The Morgan fingerprint density at radius 2 is 1.70 bits per heavy atom. The number of carbonyl (C=O) groups is 1. The molecule has 0 aliphatic heterocycles. The first-order valence-electron chi connectivity index (χ1n) is 8.46. The van der Waals surface area contributed by atoms with Gasteiger partial charge in [-0.2, -0.15) is 0 Å². The third kappa shape index (κ3) is 5.22.